The van der Waals surface area contributed by atoms with Crippen LogP contribution >= 0.6 is 0 Å². The molecule has 2 saturated heterocycles. The largest absolute Gasteiger partial charge is 0.493 e. The fourth-order valence-corrected chi connectivity index (χ4v) is 7.32. The van der Waals surface area contributed by atoms with Crippen LogP contribution in [0.1, 0.15) is 12.8 Å². The van der Waals surface area contributed by atoms with Crippen molar-refractivity contribution in [3.63, 3.8) is 0 Å². The highest BCUT2D eigenvalue weighted by molar-refractivity contribution is 6.61. The van der Waals surface area contributed by atoms with E-state index in [1.807, 2.05) is 0 Å². The molecule has 0 spiro atoms. The van der Waals surface area contributed by atoms with Crippen molar-refractivity contribution < 1.29 is 18.6 Å². The summed E-state index contributed by atoms with van der Waals surface area (Å²) in [6.07, 6.45) is 1.94. The third-order valence-corrected chi connectivity index (χ3v) is 9.66. The molecule has 2 aromatic heterocycles. The van der Waals surface area contributed by atoms with Crippen LogP contribution in [0.15, 0.2) is 146 Å². The minimum Gasteiger partial charge on any atom is -0.407 e. The first-order valence-electron chi connectivity index (χ1n) is 17.5. The second kappa shape index (κ2) is 13.7. The van der Waals surface area contributed by atoms with Gasteiger partial charge in [0, 0.05) is 59.3 Å². The van der Waals surface area contributed by atoms with Crippen molar-refractivity contribution in [3.8, 4) is 11.4 Å². The summed E-state index contributed by atoms with van der Waals surface area (Å²) in [5.41, 5.74) is 9.34. The summed E-state index contributed by atoms with van der Waals surface area (Å²) in [5.74, 6) is 0. The normalized spacial score (nSPS) is 15.1. The number of para-hydroxylation sites is 4. The van der Waals surface area contributed by atoms with Crippen molar-refractivity contribution in [2.24, 2.45) is 0 Å². The maximum Gasteiger partial charge on any atom is 0.493 e. The van der Waals surface area contributed by atoms with Crippen LogP contribution in [0.4, 0.5) is 0 Å². The SMILES string of the molecule is c1ccc2c(c1)c1ccccc1n2-c1ccc(B2OCCCO2)cc1.c1ccc2c(c1)c1ccccc1n2-c1ccc(B2OCCCO2)cc1. The summed E-state index contributed by atoms with van der Waals surface area (Å²) in [7, 11) is -0.470. The summed E-state index contributed by atoms with van der Waals surface area (Å²) < 4.78 is 27.5. The number of rotatable bonds is 4. The van der Waals surface area contributed by atoms with Gasteiger partial charge >= 0.3 is 14.2 Å². The molecule has 0 bridgehead atoms. The fourth-order valence-electron chi connectivity index (χ4n) is 7.32. The van der Waals surface area contributed by atoms with Crippen molar-refractivity contribution in [2.45, 2.75) is 12.8 Å². The number of fused-ring (bicyclic) bond motifs is 6. The van der Waals surface area contributed by atoms with Crippen LogP contribution in [0.2, 0.25) is 0 Å². The van der Waals surface area contributed by atoms with Gasteiger partial charge in [0.05, 0.1) is 22.1 Å². The van der Waals surface area contributed by atoms with E-state index in [1.165, 1.54) is 43.6 Å². The molecular formula is C42H36B2N2O4. The van der Waals surface area contributed by atoms with Crippen molar-refractivity contribution in [3.05, 3.63) is 146 Å². The first-order valence-corrected chi connectivity index (χ1v) is 17.5. The van der Waals surface area contributed by atoms with Gasteiger partial charge in [0.15, 0.2) is 0 Å². The Morgan fingerprint density at radius 3 is 0.920 bits per heavy atom. The maximum absolute atomic E-state index is 5.71. The van der Waals surface area contributed by atoms with Gasteiger partial charge in [0.2, 0.25) is 0 Å². The summed E-state index contributed by atoms with van der Waals surface area (Å²) >= 11 is 0. The van der Waals surface area contributed by atoms with Gasteiger partial charge < -0.3 is 27.8 Å². The lowest BCUT2D eigenvalue weighted by atomic mass is 9.78. The van der Waals surface area contributed by atoms with E-state index in [9.17, 15) is 0 Å². The topological polar surface area (TPSA) is 46.8 Å². The molecule has 10 rings (SSSR count). The Labute approximate surface area is 292 Å². The average Bonchev–Trinajstić information content (AvgIpc) is 3.72. The number of hydrogen-bond donors (Lipinski definition) is 0. The van der Waals surface area contributed by atoms with E-state index in [1.54, 1.807) is 0 Å². The first kappa shape index (κ1) is 30.9. The van der Waals surface area contributed by atoms with E-state index in [2.05, 4.69) is 155 Å². The van der Waals surface area contributed by atoms with Crippen molar-refractivity contribution in [2.75, 3.05) is 26.4 Å². The van der Waals surface area contributed by atoms with Gasteiger partial charge in [-0.1, -0.05) is 97.1 Å². The zero-order valence-corrected chi connectivity index (χ0v) is 27.8. The van der Waals surface area contributed by atoms with Crippen molar-refractivity contribution in [1.29, 1.82) is 0 Å². The highest BCUT2D eigenvalue weighted by atomic mass is 16.6. The monoisotopic (exact) mass is 654 g/mol. The second-order valence-electron chi connectivity index (χ2n) is 12.8. The molecule has 0 aliphatic carbocycles. The molecule has 2 aliphatic heterocycles. The standard InChI is InChI=1S/2C21H18BNO2/c2*1-3-8-20-18(6-1)19-7-2-4-9-21(19)23(20)17-12-10-16(11-13-17)22-24-14-5-15-25-22/h2*1-4,6-13H,5,14-15H2. The Hall–Kier alpha value is -5.11. The molecule has 6 aromatic carbocycles. The molecule has 8 aromatic rings. The van der Waals surface area contributed by atoms with E-state index in [4.69, 9.17) is 18.6 Å². The van der Waals surface area contributed by atoms with Crippen LogP contribution in [0.5, 0.6) is 0 Å². The smallest absolute Gasteiger partial charge is 0.407 e. The molecule has 50 heavy (non-hydrogen) atoms. The lowest BCUT2D eigenvalue weighted by molar-refractivity contribution is 0.143. The summed E-state index contributed by atoms with van der Waals surface area (Å²) in [6.45, 7) is 3.05. The van der Waals surface area contributed by atoms with E-state index < -0.39 is 0 Å². The molecular weight excluding hydrogens is 618 g/mol. The second-order valence-corrected chi connectivity index (χ2v) is 12.8. The quantitative estimate of drug-likeness (QED) is 0.182. The molecule has 0 N–H and O–H groups in total. The van der Waals surface area contributed by atoms with Crippen molar-refractivity contribution >= 4 is 68.8 Å². The fraction of sp³-hybridized carbons (Fsp3) is 0.143. The molecule has 6 nitrogen and oxygen atoms in total. The zero-order chi connectivity index (χ0) is 33.3. The molecule has 0 saturated carbocycles. The maximum atomic E-state index is 5.71. The Morgan fingerprint density at radius 1 is 0.340 bits per heavy atom. The van der Waals surface area contributed by atoms with Gasteiger partial charge in [-0.25, -0.2) is 0 Å². The first-order chi connectivity index (χ1) is 24.8. The molecule has 244 valence electrons. The summed E-state index contributed by atoms with van der Waals surface area (Å²) in [4.78, 5) is 0. The van der Waals surface area contributed by atoms with Crippen LogP contribution in [-0.2, 0) is 18.6 Å². The number of aromatic nitrogens is 2. The molecule has 0 amide bonds. The molecule has 0 atom stereocenters. The number of nitrogens with zero attached hydrogens (tertiary/aromatic N) is 2. The minimum absolute atomic E-state index is 0.235. The Balaban J connectivity index is 0.000000135. The molecule has 2 aliphatic rings. The summed E-state index contributed by atoms with van der Waals surface area (Å²) in [5, 5.41) is 5.12. The predicted molar refractivity (Wildman–Crippen MR) is 205 cm³/mol. The third-order valence-electron chi connectivity index (χ3n) is 9.66. The number of benzene rings is 6. The van der Waals surface area contributed by atoms with Crippen LogP contribution in [0, 0.1) is 0 Å². The van der Waals surface area contributed by atoms with Gasteiger partial charge in [-0.05, 0) is 72.3 Å². The van der Waals surface area contributed by atoms with E-state index in [-0.39, 0.29) is 14.2 Å². The summed E-state index contributed by atoms with van der Waals surface area (Å²) in [6, 6.07) is 51.2. The highest BCUT2D eigenvalue weighted by Gasteiger charge is 2.25. The van der Waals surface area contributed by atoms with Gasteiger partial charge in [-0.15, -0.1) is 0 Å². The molecule has 0 radical (unpaired) electrons. The average molecular weight is 654 g/mol. The lowest BCUT2D eigenvalue weighted by Crippen LogP contribution is -2.40. The van der Waals surface area contributed by atoms with E-state index in [0.717, 1.165) is 61.6 Å². The number of hydrogen-bond acceptors (Lipinski definition) is 4. The van der Waals surface area contributed by atoms with Crippen molar-refractivity contribution in [1.82, 2.24) is 9.13 Å². The van der Waals surface area contributed by atoms with Crippen LogP contribution < -0.4 is 10.9 Å². The highest BCUT2D eigenvalue weighted by Crippen LogP contribution is 2.32. The Bertz CT molecular complexity index is 2130. The minimum atomic E-state index is -0.235. The Kier molecular flexibility index (Phi) is 8.44. The lowest BCUT2D eigenvalue weighted by Gasteiger charge is -2.20. The van der Waals surface area contributed by atoms with E-state index in [0.29, 0.717) is 0 Å². The van der Waals surface area contributed by atoms with E-state index >= 15 is 0 Å². The van der Waals surface area contributed by atoms with Gasteiger partial charge in [-0.3, -0.25) is 0 Å². The van der Waals surface area contributed by atoms with Gasteiger partial charge in [0.25, 0.3) is 0 Å². The Morgan fingerprint density at radius 2 is 0.620 bits per heavy atom. The molecule has 8 heteroatoms. The third kappa shape index (κ3) is 5.70. The van der Waals surface area contributed by atoms with Crippen LogP contribution in [0.25, 0.3) is 55.0 Å². The van der Waals surface area contributed by atoms with Gasteiger partial charge in [-0.2, -0.15) is 0 Å². The van der Waals surface area contributed by atoms with Crippen LogP contribution in [-0.4, -0.2) is 49.8 Å². The predicted octanol–water partition coefficient (Wildman–Crippen LogP) is 7.83. The molecule has 2 fully saturated rings. The van der Waals surface area contributed by atoms with Crippen LogP contribution in [0.3, 0.4) is 0 Å². The zero-order valence-electron chi connectivity index (χ0n) is 27.8. The van der Waals surface area contributed by atoms with Gasteiger partial charge in [0.1, 0.15) is 0 Å². The molecule has 0 unspecified atom stereocenters. The molecule has 4 heterocycles.